The molecule has 3 aromatic rings. The Morgan fingerprint density at radius 3 is 2.46 bits per heavy atom. The molecule has 4 nitrogen and oxygen atoms in total. The van der Waals surface area contributed by atoms with Gasteiger partial charge in [-0.2, -0.15) is 5.10 Å². The normalized spacial score (nSPS) is 11.4. The van der Waals surface area contributed by atoms with Crippen LogP contribution in [0.5, 0.6) is 0 Å². The number of anilines is 1. The topological polar surface area (TPSA) is 46.9 Å². The zero-order valence-corrected chi connectivity index (χ0v) is 16.0. The molecule has 2 aromatic carbocycles. The predicted molar refractivity (Wildman–Crippen MR) is 106 cm³/mol. The van der Waals surface area contributed by atoms with E-state index in [1.165, 1.54) is 0 Å². The monoisotopic (exact) mass is 347 g/mol. The second kappa shape index (κ2) is 6.79. The lowest BCUT2D eigenvalue weighted by Crippen LogP contribution is -2.19. The average molecular weight is 347 g/mol. The maximum atomic E-state index is 12.9. The largest absolute Gasteiger partial charge is 0.322 e. The number of aryl methyl sites for hydroxylation is 1. The summed E-state index contributed by atoms with van der Waals surface area (Å²) in [4.78, 5) is 12.9. The fourth-order valence-corrected chi connectivity index (χ4v) is 3.09. The Bertz CT molecular complexity index is 948. The van der Waals surface area contributed by atoms with E-state index in [9.17, 15) is 4.79 Å². The Morgan fingerprint density at radius 2 is 1.77 bits per heavy atom. The van der Waals surface area contributed by atoms with Gasteiger partial charge in [-0.15, -0.1) is 0 Å². The molecule has 0 spiro atoms. The van der Waals surface area contributed by atoms with Gasteiger partial charge in [0.15, 0.2) is 0 Å². The van der Waals surface area contributed by atoms with Gasteiger partial charge in [-0.3, -0.25) is 4.79 Å². The molecule has 26 heavy (non-hydrogen) atoms. The van der Waals surface area contributed by atoms with Gasteiger partial charge >= 0.3 is 0 Å². The Balaban J connectivity index is 1.91. The van der Waals surface area contributed by atoms with Crippen LogP contribution in [0.2, 0.25) is 0 Å². The van der Waals surface area contributed by atoms with E-state index in [0.29, 0.717) is 5.56 Å². The van der Waals surface area contributed by atoms with Crippen LogP contribution in [0, 0.1) is 13.8 Å². The lowest BCUT2D eigenvalue weighted by Gasteiger charge is -2.23. The molecular weight excluding hydrogens is 322 g/mol. The third-order valence-electron chi connectivity index (χ3n) is 4.48. The molecular formula is C22H25N3O. The van der Waals surface area contributed by atoms with Gasteiger partial charge in [0.25, 0.3) is 5.91 Å². The third kappa shape index (κ3) is 3.54. The van der Waals surface area contributed by atoms with Crippen LogP contribution in [0.15, 0.2) is 54.7 Å². The summed E-state index contributed by atoms with van der Waals surface area (Å²) in [5.41, 5.74) is 5.41. The maximum absolute atomic E-state index is 12.9. The number of hydrogen-bond acceptors (Lipinski definition) is 2. The van der Waals surface area contributed by atoms with E-state index in [2.05, 4.69) is 43.3 Å². The highest BCUT2D eigenvalue weighted by atomic mass is 16.1. The van der Waals surface area contributed by atoms with Crippen molar-refractivity contribution < 1.29 is 4.79 Å². The number of benzene rings is 2. The zero-order chi connectivity index (χ0) is 18.9. The fraction of sp³-hybridized carbons (Fsp3) is 0.273. The van der Waals surface area contributed by atoms with E-state index >= 15 is 0 Å². The summed E-state index contributed by atoms with van der Waals surface area (Å²) in [6, 6.07) is 16.0. The third-order valence-corrected chi connectivity index (χ3v) is 4.48. The highest BCUT2D eigenvalue weighted by Crippen LogP contribution is 2.29. The molecule has 134 valence electrons. The number of para-hydroxylation sites is 1. The van der Waals surface area contributed by atoms with E-state index in [0.717, 1.165) is 28.2 Å². The minimum Gasteiger partial charge on any atom is -0.322 e. The molecule has 1 aromatic heterocycles. The molecule has 1 heterocycles. The van der Waals surface area contributed by atoms with Crippen molar-refractivity contribution in [3.8, 4) is 5.69 Å². The Kier molecular flexibility index (Phi) is 4.68. The maximum Gasteiger partial charge on any atom is 0.259 e. The van der Waals surface area contributed by atoms with Crippen LogP contribution < -0.4 is 5.32 Å². The molecule has 4 heteroatoms. The Labute approximate surface area is 154 Å². The molecule has 0 radical (unpaired) electrons. The summed E-state index contributed by atoms with van der Waals surface area (Å²) < 4.78 is 1.80. The summed E-state index contributed by atoms with van der Waals surface area (Å²) in [6.07, 6.45) is 1.63. The van der Waals surface area contributed by atoms with Crippen LogP contribution in [0.25, 0.3) is 5.69 Å². The van der Waals surface area contributed by atoms with E-state index in [1.807, 2.05) is 50.2 Å². The fourth-order valence-electron chi connectivity index (χ4n) is 3.09. The molecule has 0 aliphatic heterocycles. The van der Waals surface area contributed by atoms with Crippen LogP contribution >= 0.6 is 0 Å². The lowest BCUT2D eigenvalue weighted by atomic mass is 9.86. The number of rotatable bonds is 3. The number of hydrogen-bond donors (Lipinski definition) is 1. The molecule has 0 aliphatic rings. The van der Waals surface area contributed by atoms with Crippen LogP contribution in [-0.4, -0.2) is 15.7 Å². The SMILES string of the molecule is Cc1cccc(-n2ncc(C(=O)Nc3ccccc3C(C)(C)C)c2C)c1. The first-order chi connectivity index (χ1) is 12.3. The summed E-state index contributed by atoms with van der Waals surface area (Å²) in [5, 5.41) is 7.47. The van der Waals surface area contributed by atoms with Crippen molar-refractivity contribution >= 4 is 11.6 Å². The molecule has 1 amide bonds. The van der Waals surface area contributed by atoms with Crippen LogP contribution in [-0.2, 0) is 5.41 Å². The van der Waals surface area contributed by atoms with E-state index in [1.54, 1.807) is 10.9 Å². The lowest BCUT2D eigenvalue weighted by molar-refractivity contribution is 0.102. The van der Waals surface area contributed by atoms with Gasteiger partial charge in [-0.1, -0.05) is 51.1 Å². The van der Waals surface area contributed by atoms with Gasteiger partial charge in [-0.05, 0) is 48.6 Å². The van der Waals surface area contributed by atoms with Crippen molar-refractivity contribution in [2.45, 2.75) is 40.0 Å². The average Bonchev–Trinajstić information content (AvgIpc) is 2.96. The van der Waals surface area contributed by atoms with Gasteiger partial charge < -0.3 is 5.32 Å². The summed E-state index contributed by atoms with van der Waals surface area (Å²) in [6.45, 7) is 10.4. The van der Waals surface area contributed by atoms with Crippen molar-refractivity contribution in [2.24, 2.45) is 0 Å². The highest BCUT2D eigenvalue weighted by molar-refractivity contribution is 6.05. The standard InChI is InChI=1S/C22H25N3O/c1-15-9-8-10-17(13-15)25-16(2)18(14-23-25)21(26)24-20-12-7-6-11-19(20)22(3,4)5/h6-14H,1-5H3,(H,24,26). The molecule has 1 N–H and O–H groups in total. The molecule has 0 atom stereocenters. The molecule has 0 unspecified atom stereocenters. The smallest absolute Gasteiger partial charge is 0.259 e. The van der Waals surface area contributed by atoms with Crippen LogP contribution in [0.1, 0.15) is 48.0 Å². The van der Waals surface area contributed by atoms with Crippen LogP contribution in [0.4, 0.5) is 5.69 Å². The summed E-state index contributed by atoms with van der Waals surface area (Å²) in [7, 11) is 0. The molecule has 0 bridgehead atoms. The van der Waals surface area contributed by atoms with Gasteiger partial charge in [0.2, 0.25) is 0 Å². The number of aromatic nitrogens is 2. The minimum atomic E-state index is -0.141. The zero-order valence-electron chi connectivity index (χ0n) is 16.0. The van der Waals surface area contributed by atoms with Gasteiger partial charge in [0.05, 0.1) is 23.1 Å². The Morgan fingerprint density at radius 1 is 1.04 bits per heavy atom. The van der Waals surface area contributed by atoms with Crippen LogP contribution in [0.3, 0.4) is 0 Å². The molecule has 3 rings (SSSR count). The first kappa shape index (κ1) is 17.9. The first-order valence-electron chi connectivity index (χ1n) is 8.80. The second-order valence-electron chi connectivity index (χ2n) is 7.64. The van der Waals surface area contributed by atoms with Gasteiger partial charge in [0.1, 0.15) is 0 Å². The van der Waals surface area contributed by atoms with Crippen molar-refractivity contribution in [1.82, 2.24) is 9.78 Å². The summed E-state index contributed by atoms with van der Waals surface area (Å²) >= 11 is 0. The van der Waals surface area contributed by atoms with E-state index < -0.39 is 0 Å². The van der Waals surface area contributed by atoms with Crippen molar-refractivity contribution in [3.05, 3.63) is 77.1 Å². The minimum absolute atomic E-state index is 0.0509. The molecule has 0 saturated heterocycles. The number of nitrogens with one attached hydrogen (secondary N) is 1. The van der Waals surface area contributed by atoms with Crippen molar-refractivity contribution in [3.63, 3.8) is 0 Å². The van der Waals surface area contributed by atoms with Crippen molar-refractivity contribution in [2.75, 3.05) is 5.32 Å². The number of nitrogens with zero attached hydrogens (tertiary/aromatic N) is 2. The number of carbonyl (C=O) groups excluding carboxylic acids is 1. The van der Waals surface area contributed by atoms with Gasteiger partial charge in [-0.25, -0.2) is 4.68 Å². The quantitative estimate of drug-likeness (QED) is 0.721. The molecule has 0 fully saturated rings. The Hall–Kier alpha value is -2.88. The molecule has 0 saturated carbocycles. The van der Waals surface area contributed by atoms with Gasteiger partial charge in [0, 0.05) is 5.69 Å². The van der Waals surface area contributed by atoms with E-state index in [4.69, 9.17) is 0 Å². The van der Waals surface area contributed by atoms with E-state index in [-0.39, 0.29) is 11.3 Å². The predicted octanol–water partition coefficient (Wildman–Crippen LogP) is 5.04. The summed E-state index contributed by atoms with van der Waals surface area (Å²) in [5.74, 6) is -0.141. The molecule has 0 aliphatic carbocycles. The first-order valence-corrected chi connectivity index (χ1v) is 8.80. The highest BCUT2D eigenvalue weighted by Gasteiger charge is 2.21. The second-order valence-corrected chi connectivity index (χ2v) is 7.64. The number of carbonyl (C=O) groups is 1. The van der Waals surface area contributed by atoms with Crippen molar-refractivity contribution in [1.29, 1.82) is 0 Å². The number of amides is 1.